The molecule has 0 radical (unpaired) electrons. The lowest BCUT2D eigenvalue weighted by atomic mass is 10.1. The van der Waals surface area contributed by atoms with Gasteiger partial charge < -0.3 is 9.64 Å². The Labute approximate surface area is 190 Å². The number of fused-ring (bicyclic) bond motifs is 2. The van der Waals surface area contributed by atoms with Crippen LogP contribution in [0.4, 0.5) is 0 Å². The van der Waals surface area contributed by atoms with Crippen LogP contribution in [0.3, 0.4) is 0 Å². The topological polar surface area (TPSA) is 81.5 Å². The van der Waals surface area contributed by atoms with E-state index in [-0.39, 0.29) is 21.7 Å². The molecular weight excluding hydrogens is 446 g/mol. The van der Waals surface area contributed by atoms with Crippen LogP contribution >= 0.6 is 11.8 Å². The summed E-state index contributed by atoms with van der Waals surface area (Å²) in [4.78, 5) is 19.1. The number of amides is 1. The van der Waals surface area contributed by atoms with Gasteiger partial charge in [0.25, 0.3) is 10.0 Å². The molecule has 7 nitrogen and oxygen atoms in total. The molecule has 4 aromatic rings. The van der Waals surface area contributed by atoms with E-state index < -0.39 is 10.0 Å². The summed E-state index contributed by atoms with van der Waals surface area (Å²) in [6.45, 7) is 2.13. The highest BCUT2D eigenvalue weighted by molar-refractivity contribution is 8.00. The monoisotopic (exact) mass is 467 g/mol. The van der Waals surface area contributed by atoms with E-state index in [4.69, 9.17) is 4.74 Å². The van der Waals surface area contributed by atoms with Gasteiger partial charge in [0.05, 0.1) is 34.9 Å². The van der Waals surface area contributed by atoms with Crippen molar-refractivity contribution in [2.24, 2.45) is 0 Å². The predicted molar refractivity (Wildman–Crippen MR) is 124 cm³/mol. The van der Waals surface area contributed by atoms with Gasteiger partial charge in [-0.05, 0) is 35.0 Å². The van der Waals surface area contributed by atoms with Crippen molar-refractivity contribution in [3.8, 4) is 0 Å². The second kappa shape index (κ2) is 8.57. The third-order valence-electron chi connectivity index (χ3n) is 5.44. The number of benzene rings is 3. The lowest BCUT2D eigenvalue weighted by Crippen LogP contribution is -2.41. The second-order valence-electron chi connectivity index (χ2n) is 7.44. The molecule has 3 aromatic carbocycles. The van der Waals surface area contributed by atoms with Gasteiger partial charge in [-0.2, -0.15) is 0 Å². The van der Waals surface area contributed by atoms with Crippen LogP contribution < -0.4 is 0 Å². The van der Waals surface area contributed by atoms with E-state index in [1.807, 2.05) is 30.3 Å². The summed E-state index contributed by atoms with van der Waals surface area (Å²) in [6.07, 6.45) is 0. The quantitative estimate of drug-likeness (QED) is 0.419. The largest absolute Gasteiger partial charge is 0.378 e. The molecule has 0 N–H and O–H groups in total. The number of rotatable bonds is 5. The summed E-state index contributed by atoms with van der Waals surface area (Å²) in [5.41, 5.74) is 1.06. The molecule has 0 saturated carbocycles. The van der Waals surface area contributed by atoms with Crippen molar-refractivity contribution in [2.75, 3.05) is 32.1 Å². The van der Waals surface area contributed by atoms with Crippen molar-refractivity contribution in [2.45, 2.75) is 10.1 Å². The summed E-state index contributed by atoms with van der Waals surface area (Å²) in [5, 5.41) is 2.09. The smallest absolute Gasteiger partial charge is 0.270 e. The van der Waals surface area contributed by atoms with Crippen molar-refractivity contribution in [3.63, 3.8) is 0 Å². The van der Waals surface area contributed by atoms with E-state index in [1.54, 1.807) is 41.3 Å². The highest BCUT2D eigenvalue weighted by atomic mass is 32.2. The Morgan fingerprint density at radius 3 is 2.50 bits per heavy atom. The molecule has 9 heteroatoms. The Hall–Kier alpha value is -2.88. The van der Waals surface area contributed by atoms with Crippen molar-refractivity contribution in [3.05, 3.63) is 66.7 Å². The molecule has 5 rings (SSSR count). The molecule has 0 unspecified atom stereocenters. The molecule has 32 heavy (non-hydrogen) atoms. The van der Waals surface area contributed by atoms with Crippen LogP contribution in [0.5, 0.6) is 0 Å². The van der Waals surface area contributed by atoms with Gasteiger partial charge in [0.15, 0.2) is 5.16 Å². The van der Waals surface area contributed by atoms with Gasteiger partial charge in [-0.25, -0.2) is 17.4 Å². The fourth-order valence-corrected chi connectivity index (χ4v) is 6.42. The standard InChI is InChI=1S/C23H21N3O4S2/c27-22(25-11-13-30-14-12-25)16-31-23-24-20-7-3-4-8-21(20)26(23)32(28,29)19-10-9-17-5-1-2-6-18(17)15-19/h1-10,15H,11-14,16H2. The Kier molecular flexibility index (Phi) is 5.62. The third kappa shape index (κ3) is 3.87. The number of thioether (sulfide) groups is 1. The first kappa shape index (κ1) is 21.0. The Morgan fingerprint density at radius 2 is 1.69 bits per heavy atom. The van der Waals surface area contributed by atoms with Gasteiger partial charge in [0.1, 0.15) is 0 Å². The first-order valence-corrected chi connectivity index (χ1v) is 12.7. The minimum Gasteiger partial charge on any atom is -0.378 e. The molecule has 0 spiro atoms. The second-order valence-corrected chi connectivity index (χ2v) is 10.2. The zero-order chi connectivity index (χ0) is 22.1. The van der Waals surface area contributed by atoms with Crippen molar-refractivity contribution >= 4 is 49.5 Å². The highest BCUT2D eigenvalue weighted by Crippen LogP contribution is 2.30. The average Bonchev–Trinajstić information content (AvgIpc) is 3.22. The van der Waals surface area contributed by atoms with Gasteiger partial charge in [0.2, 0.25) is 5.91 Å². The molecule has 1 aromatic heterocycles. The van der Waals surface area contributed by atoms with Crippen molar-refractivity contribution < 1.29 is 17.9 Å². The van der Waals surface area contributed by atoms with Crippen LogP contribution in [0, 0.1) is 0 Å². The fourth-order valence-electron chi connectivity index (χ4n) is 3.77. The minimum absolute atomic E-state index is 0.0555. The van der Waals surface area contributed by atoms with E-state index in [0.29, 0.717) is 37.3 Å². The molecule has 164 valence electrons. The first-order valence-electron chi connectivity index (χ1n) is 10.2. The van der Waals surface area contributed by atoms with Crippen LogP contribution in [0.1, 0.15) is 0 Å². The number of para-hydroxylation sites is 2. The van der Waals surface area contributed by atoms with E-state index >= 15 is 0 Å². The molecule has 1 saturated heterocycles. The van der Waals surface area contributed by atoms with Gasteiger partial charge in [-0.15, -0.1) is 0 Å². The number of morpholine rings is 1. The van der Waals surface area contributed by atoms with Crippen LogP contribution in [0.25, 0.3) is 21.8 Å². The van der Waals surface area contributed by atoms with Crippen LogP contribution in [0.15, 0.2) is 76.8 Å². The SMILES string of the molecule is O=C(CSc1nc2ccccc2n1S(=O)(=O)c1ccc2ccccc2c1)N1CCOCC1. The van der Waals surface area contributed by atoms with E-state index in [2.05, 4.69) is 4.98 Å². The van der Waals surface area contributed by atoms with Gasteiger partial charge in [-0.1, -0.05) is 54.2 Å². The van der Waals surface area contributed by atoms with E-state index in [0.717, 1.165) is 22.5 Å². The predicted octanol–water partition coefficient (Wildman–Crippen LogP) is 3.38. The molecule has 1 amide bonds. The maximum Gasteiger partial charge on any atom is 0.270 e. The maximum atomic E-state index is 13.7. The molecule has 2 heterocycles. The summed E-state index contributed by atoms with van der Waals surface area (Å²) in [7, 11) is -3.93. The van der Waals surface area contributed by atoms with Crippen LogP contribution in [-0.2, 0) is 19.6 Å². The number of carbonyl (C=O) groups excluding carboxylic acids is 1. The Balaban J connectivity index is 1.53. The number of hydrogen-bond donors (Lipinski definition) is 0. The summed E-state index contributed by atoms with van der Waals surface area (Å²) in [5.74, 6) is 0.0522. The van der Waals surface area contributed by atoms with Gasteiger partial charge >= 0.3 is 0 Å². The molecular formula is C23H21N3O4S2. The minimum atomic E-state index is -3.93. The van der Waals surface area contributed by atoms with E-state index in [1.165, 1.54) is 3.97 Å². The molecule has 0 aliphatic carbocycles. The zero-order valence-electron chi connectivity index (χ0n) is 17.2. The van der Waals surface area contributed by atoms with Crippen LogP contribution in [0.2, 0.25) is 0 Å². The van der Waals surface area contributed by atoms with E-state index in [9.17, 15) is 13.2 Å². The zero-order valence-corrected chi connectivity index (χ0v) is 18.8. The Morgan fingerprint density at radius 1 is 0.969 bits per heavy atom. The lowest BCUT2D eigenvalue weighted by Gasteiger charge is -2.26. The molecule has 1 aliphatic heterocycles. The molecule has 0 atom stereocenters. The number of nitrogens with zero attached hydrogens (tertiary/aromatic N) is 3. The van der Waals surface area contributed by atoms with Gasteiger partial charge in [0, 0.05) is 13.1 Å². The van der Waals surface area contributed by atoms with Crippen molar-refractivity contribution in [1.82, 2.24) is 13.9 Å². The number of imidazole rings is 1. The number of carbonyl (C=O) groups is 1. The Bertz CT molecular complexity index is 1410. The number of ether oxygens (including phenoxy) is 1. The normalized spacial score (nSPS) is 14.8. The fraction of sp³-hybridized carbons (Fsp3) is 0.217. The number of hydrogen-bond acceptors (Lipinski definition) is 6. The number of aromatic nitrogens is 2. The average molecular weight is 468 g/mol. The summed E-state index contributed by atoms with van der Waals surface area (Å²) < 4.78 is 34.0. The van der Waals surface area contributed by atoms with Crippen molar-refractivity contribution in [1.29, 1.82) is 0 Å². The van der Waals surface area contributed by atoms with Gasteiger partial charge in [-0.3, -0.25) is 4.79 Å². The van der Waals surface area contributed by atoms with Crippen LogP contribution in [-0.4, -0.2) is 60.2 Å². The molecule has 1 fully saturated rings. The highest BCUT2D eigenvalue weighted by Gasteiger charge is 2.26. The summed E-state index contributed by atoms with van der Waals surface area (Å²) in [6, 6.07) is 19.8. The first-order chi connectivity index (χ1) is 15.5. The summed E-state index contributed by atoms with van der Waals surface area (Å²) >= 11 is 1.14. The maximum absolute atomic E-state index is 13.7. The lowest BCUT2D eigenvalue weighted by molar-refractivity contribution is -0.132. The molecule has 0 bridgehead atoms. The molecule has 1 aliphatic rings. The third-order valence-corrected chi connectivity index (χ3v) is 8.18.